The van der Waals surface area contributed by atoms with Crippen LogP contribution in [0.3, 0.4) is 0 Å². The molecular formula is C29H72. The van der Waals surface area contributed by atoms with E-state index in [1.165, 1.54) is 70.6 Å². The van der Waals surface area contributed by atoms with Crippen molar-refractivity contribution < 1.29 is 0 Å². The van der Waals surface area contributed by atoms with E-state index in [4.69, 9.17) is 0 Å². The van der Waals surface area contributed by atoms with Gasteiger partial charge in [0.2, 0.25) is 0 Å². The van der Waals surface area contributed by atoms with Gasteiger partial charge in [0.15, 0.2) is 0 Å². The molecule has 0 nitrogen and oxygen atoms in total. The third-order valence-electron chi connectivity index (χ3n) is 4.07. The third-order valence-corrected chi connectivity index (χ3v) is 4.07. The Morgan fingerprint density at radius 1 is 0.379 bits per heavy atom. The lowest BCUT2D eigenvalue weighted by molar-refractivity contribution is 0.381. The highest BCUT2D eigenvalue weighted by Gasteiger charge is 2.04. The van der Waals surface area contributed by atoms with Crippen LogP contribution in [0.25, 0.3) is 0 Å². The average molecular weight is 421 g/mol. The highest BCUT2D eigenvalue weighted by Crippen LogP contribution is 2.16. The van der Waals surface area contributed by atoms with E-state index < -0.39 is 0 Å². The zero-order valence-electron chi connectivity index (χ0n) is 24.9. The molecule has 0 amide bonds. The third kappa shape index (κ3) is 112. The first-order chi connectivity index (χ1) is 13.9. The van der Waals surface area contributed by atoms with Crippen LogP contribution in [0, 0.1) is 11.8 Å². The highest BCUT2D eigenvalue weighted by atomic mass is 14.1. The number of rotatable bonds is 9. The molecule has 0 fully saturated rings. The summed E-state index contributed by atoms with van der Waals surface area (Å²) in [6.07, 6.45) is 14.9. The van der Waals surface area contributed by atoms with Crippen molar-refractivity contribution in [2.24, 2.45) is 11.8 Å². The van der Waals surface area contributed by atoms with Crippen molar-refractivity contribution in [1.82, 2.24) is 0 Å². The van der Waals surface area contributed by atoms with Crippen molar-refractivity contribution in [3.8, 4) is 0 Å². The molecule has 0 heteroatoms. The fourth-order valence-electron chi connectivity index (χ4n) is 1.57. The molecule has 0 rings (SSSR count). The molecule has 1 atom stereocenters. The van der Waals surface area contributed by atoms with E-state index in [1.807, 2.05) is 41.5 Å². The van der Waals surface area contributed by atoms with Crippen LogP contribution in [-0.4, -0.2) is 0 Å². The first-order valence-electron chi connectivity index (χ1n) is 13.9. The van der Waals surface area contributed by atoms with Gasteiger partial charge in [0, 0.05) is 0 Å². The van der Waals surface area contributed by atoms with Gasteiger partial charge in [0.05, 0.1) is 0 Å². The Bertz CT molecular complexity index is 125. The summed E-state index contributed by atoms with van der Waals surface area (Å²) in [4.78, 5) is 0. The maximum absolute atomic E-state index is 2.35. The Balaban J connectivity index is -0.0000000424. The zero-order chi connectivity index (χ0) is 24.9. The Morgan fingerprint density at radius 2 is 0.621 bits per heavy atom. The van der Waals surface area contributed by atoms with E-state index in [-0.39, 0.29) is 0 Å². The molecular weight excluding hydrogens is 348 g/mol. The molecule has 0 aromatic rings. The monoisotopic (exact) mass is 421 g/mol. The molecule has 0 bridgehead atoms. The summed E-state index contributed by atoms with van der Waals surface area (Å²) < 4.78 is 0. The Hall–Kier alpha value is 0. The maximum atomic E-state index is 2.35. The minimum atomic E-state index is 0.872. The molecule has 0 aliphatic carbocycles. The second kappa shape index (κ2) is 70.6. The molecule has 0 aliphatic rings. The summed E-state index contributed by atoms with van der Waals surface area (Å²) in [5.74, 6) is 1.79. The van der Waals surface area contributed by atoms with E-state index in [0.717, 1.165) is 11.8 Å². The van der Waals surface area contributed by atoms with Crippen molar-refractivity contribution >= 4 is 0 Å². The quantitative estimate of drug-likeness (QED) is 0.347. The van der Waals surface area contributed by atoms with Gasteiger partial charge < -0.3 is 0 Å². The van der Waals surface area contributed by atoms with Gasteiger partial charge in [-0.25, -0.2) is 0 Å². The van der Waals surface area contributed by atoms with Crippen LogP contribution >= 0.6 is 0 Å². The predicted octanol–water partition coefficient (Wildman–Crippen LogP) is 12.7. The maximum Gasteiger partial charge on any atom is -0.0420 e. The van der Waals surface area contributed by atoms with Crippen molar-refractivity contribution in [1.29, 1.82) is 0 Å². The first kappa shape index (κ1) is 47.0. The van der Waals surface area contributed by atoms with Crippen molar-refractivity contribution in [2.45, 2.75) is 181 Å². The Morgan fingerprint density at radius 3 is 0.724 bits per heavy atom. The summed E-state index contributed by atoms with van der Waals surface area (Å²) in [6.45, 7) is 34.4. The van der Waals surface area contributed by atoms with Crippen LogP contribution in [0.15, 0.2) is 0 Å². The van der Waals surface area contributed by atoms with Gasteiger partial charge in [-0.15, -0.1) is 0 Å². The standard InChI is InChI=1S/C9H20.2C5H12.C4H10.3C2H6/c1-5-6-7-9(4)8(2)3;2*1-3-5-4-2;1-3-4-2;3*1-2/h8-9H,5-7H2,1-4H3;2*3-5H2,1-2H3;3-4H2,1-2H3;3*1-2H3. The van der Waals surface area contributed by atoms with Gasteiger partial charge in [-0.3, -0.25) is 0 Å². The normalized spacial score (nSPS) is 9.00. The largest absolute Gasteiger partial charge is 0.0683 e. The van der Waals surface area contributed by atoms with Gasteiger partial charge in [-0.2, -0.15) is 0 Å². The molecule has 29 heavy (non-hydrogen) atoms. The van der Waals surface area contributed by atoms with Gasteiger partial charge >= 0.3 is 0 Å². The molecule has 188 valence electrons. The molecule has 0 aromatic heterocycles. The number of unbranched alkanes of at least 4 members (excludes halogenated alkanes) is 6. The van der Waals surface area contributed by atoms with Crippen LogP contribution in [-0.2, 0) is 0 Å². The second-order valence-corrected chi connectivity index (χ2v) is 7.07. The van der Waals surface area contributed by atoms with Gasteiger partial charge in [-0.05, 0) is 11.8 Å². The average Bonchev–Trinajstić information content (AvgIpc) is 2.78. The number of hydrogen-bond donors (Lipinski definition) is 0. The summed E-state index contributed by atoms with van der Waals surface area (Å²) in [5, 5.41) is 0. The minimum Gasteiger partial charge on any atom is -0.0683 e. The van der Waals surface area contributed by atoms with Crippen LogP contribution in [0.1, 0.15) is 181 Å². The topological polar surface area (TPSA) is 0 Å². The molecule has 0 saturated heterocycles. The van der Waals surface area contributed by atoms with Crippen LogP contribution in [0.4, 0.5) is 0 Å². The molecule has 1 unspecified atom stereocenters. The molecule has 0 N–H and O–H groups in total. The lowest BCUT2D eigenvalue weighted by atomic mass is 9.93. The summed E-state index contributed by atoms with van der Waals surface area (Å²) >= 11 is 0. The van der Waals surface area contributed by atoms with Crippen LogP contribution in [0.2, 0.25) is 0 Å². The lowest BCUT2D eigenvalue weighted by Crippen LogP contribution is -2.02. The van der Waals surface area contributed by atoms with Crippen molar-refractivity contribution in [2.75, 3.05) is 0 Å². The molecule has 0 spiro atoms. The fraction of sp³-hybridized carbons (Fsp3) is 1.00. The molecule has 0 radical (unpaired) electrons. The highest BCUT2D eigenvalue weighted by molar-refractivity contribution is 4.55. The smallest absolute Gasteiger partial charge is 0.0420 e. The van der Waals surface area contributed by atoms with E-state index in [9.17, 15) is 0 Å². The van der Waals surface area contributed by atoms with Crippen LogP contribution in [0.5, 0.6) is 0 Å². The molecule has 0 heterocycles. The second-order valence-electron chi connectivity index (χ2n) is 7.07. The van der Waals surface area contributed by atoms with E-state index in [2.05, 4.69) is 69.2 Å². The van der Waals surface area contributed by atoms with Crippen molar-refractivity contribution in [3.63, 3.8) is 0 Å². The van der Waals surface area contributed by atoms with E-state index in [0.29, 0.717) is 0 Å². The lowest BCUT2D eigenvalue weighted by Gasteiger charge is -2.13. The Labute approximate surface area is 193 Å². The van der Waals surface area contributed by atoms with E-state index >= 15 is 0 Å². The van der Waals surface area contributed by atoms with Crippen molar-refractivity contribution in [3.05, 3.63) is 0 Å². The predicted molar refractivity (Wildman–Crippen MR) is 149 cm³/mol. The van der Waals surface area contributed by atoms with Gasteiger partial charge in [-0.1, -0.05) is 181 Å². The SMILES string of the molecule is CC.CC.CC.CCCC.CCCCC.CCCCC.CCCCC(C)C(C)C. The molecule has 0 aliphatic heterocycles. The van der Waals surface area contributed by atoms with Crippen LogP contribution < -0.4 is 0 Å². The number of hydrogen-bond acceptors (Lipinski definition) is 0. The first-order valence-corrected chi connectivity index (χ1v) is 13.9. The fourth-order valence-corrected chi connectivity index (χ4v) is 1.57. The summed E-state index contributed by atoms with van der Waals surface area (Å²) in [5.41, 5.74) is 0. The molecule has 0 saturated carbocycles. The minimum absolute atomic E-state index is 0.872. The Kier molecular flexibility index (Phi) is 114. The zero-order valence-corrected chi connectivity index (χ0v) is 24.9. The van der Waals surface area contributed by atoms with Gasteiger partial charge in [0.25, 0.3) is 0 Å². The van der Waals surface area contributed by atoms with Gasteiger partial charge in [0.1, 0.15) is 0 Å². The summed E-state index contributed by atoms with van der Waals surface area (Å²) in [7, 11) is 0. The van der Waals surface area contributed by atoms with E-state index in [1.54, 1.807) is 0 Å². The summed E-state index contributed by atoms with van der Waals surface area (Å²) in [6, 6.07) is 0. The molecule has 0 aromatic carbocycles.